The van der Waals surface area contributed by atoms with Crippen LogP contribution in [0.2, 0.25) is 5.02 Å². The monoisotopic (exact) mass is 500 g/mol. The number of rotatable bonds is 7. The second kappa shape index (κ2) is 10.2. The van der Waals surface area contributed by atoms with Crippen LogP contribution in [0, 0.1) is 15.9 Å². The summed E-state index contributed by atoms with van der Waals surface area (Å²) in [6.07, 6.45) is 0.489. The van der Waals surface area contributed by atoms with E-state index in [0.29, 0.717) is 23.7 Å². The summed E-state index contributed by atoms with van der Waals surface area (Å²) in [5.74, 6) is 0.491. The van der Waals surface area contributed by atoms with Gasteiger partial charge in [0.2, 0.25) is 0 Å². The van der Waals surface area contributed by atoms with Crippen molar-refractivity contribution in [2.75, 3.05) is 27.4 Å². The first-order valence-corrected chi connectivity index (χ1v) is 11.1. The lowest BCUT2D eigenvalue weighted by Crippen LogP contribution is -2.42. The van der Waals surface area contributed by atoms with Crippen LogP contribution in [0.15, 0.2) is 54.6 Å². The van der Waals surface area contributed by atoms with E-state index in [1.54, 1.807) is 6.07 Å². The van der Waals surface area contributed by atoms with Crippen LogP contribution in [0.3, 0.4) is 0 Å². The lowest BCUT2D eigenvalue weighted by atomic mass is 9.91. The molecule has 1 amide bonds. The Morgan fingerprint density at radius 2 is 1.80 bits per heavy atom. The van der Waals surface area contributed by atoms with Gasteiger partial charge in [-0.05, 0) is 66.1 Å². The van der Waals surface area contributed by atoms with Gasteiger partial charge in [0.1, 0.15) is 23.7 Å². The first kappa shape index (κ1) is 24.3. The molecule has 1 aliphatic heterocycles. The summed E-state index contributed by atoms with van der Waals surface area (Å²) >= 11 is 6.07. The summed E-state index contributed by atoms with van der Waals surface area (Å²) in [5.41, 5.74) is 1.24. The lowest BCUT2D eigenvalue weighted by Gasteiger charge is -2.37. The highest BCUT2D eigenvalue weighted by atomic mass is 35.5. The molecule has 0 aliphatic carbocycles. The Kier molecular flexibility index (Phi) is 7.07. The Balaban J connectivity index is 1.76. The van der Waals surface area contributed by atoms with Crippen molar-refractivity contribution in [2.45, 2.75) is 12.5 Å². The van der Waals surface area contributed by atoms with E-state index >= 15 is 0 Å². The minimum absolute atomic E-state index is 0.0220. The fourth-order valence-electron chi connectivity index (χ4n) is 4.15. The van der Waals surface area contributed by atoms with E-state index in [-0.39, 0.29) is 29.4 Å². The van der Waals surface area contributed by atoms with E-state index in [4.69, 9.17) is 25.8 Å². The largest absolute Gasteiger partial charge is 0.493 e. The minimum Gasteiger partial charge on any atom is -0.493 e. The van der Waals surface area contributed by atoms with Crippen LogP contribution in [0.25, 0.3) is 0 Å². The second-order valence-electron chi connectivity index (χ2n) is 7.85. The molecule has 182 valence electrons. The minimum atomic E-state index is -0.616. The highest BCUT2D eigenvalue weighted by molar-refractivity contribution is 6.31. The van der Waals surface area contributed by atoms with Gasteiger partial charge in [-0.2, -0.15) is 0 Å². The van der Waals surface area contributed by atoms with E-state index in [0.717, 1.165) is 11.1 Å². The zero-order valence-electron chi connectivity index (χ0n) is 19.0. The molecule has 0 N–H and O–H groups in total. The molecular formula is C25H22ClFN2O6. The second-order valence-corrected chi connectivity index (χ2v) is 8.29. The van der Waals surface area contributed by atoms with Crippen LogP contribution in [0.4, 0.5) is 10.1 Å². The predicted octanol–water partition coefficient (Wildman–Crippen LogP) is 5.22. The van der Waals surface area contributed by atoms with Crippen molar-refractivity contribution in [3.05, 3.63) is 92.2 Å². The van der Waals surface area contributed by atoms with Gasteiger partial charge in [-0.15, -0.1) is 0 Å². The highest BCUT2D eigenvalue weighted by Gasteiger charge is 2.36. The molecular weight excluding hydrogens is 479 g/mol. The Morgan fingerprint density at radius 3 is 2.46 bits per heavy atom. The summed E-state index contributed by atoms with van der Waals surface area (Å²) in [6, 6.07) is 12.4. The number of ether oxygens (including phenoxy) is 3. The molecule has 1 atom stereocenters. The first-order chi connectivity index (χ1) is 16.8. The van der Waals surface area contributed by atoms with E-state index in [9.17, 15) is 19.3 Å². The molecule has 0 radical (unpaired) electrons. The number of hydrogen-bond acceptors (Lipinski definition) is 6. The van der Waals surface area contributed by atoms with Crippen molar-refractivity contribution in [1.82, 2.24) is 4.90 Å². The van der Waals surface area contributed by atoms with Crippen molar-refractivity contribution in [3.8, 4) is 17.2 Å². The third kappa shape index (κ3) is 5.00. The number of methoxy groups -OCH3 is 2. The predicted molar refractivity (Wildman–Crippen MR) is 127 cm³/mol. The summed E-state index contributed by atoms with van der Waals surface area (Å²) < 4.78 is 30.1. The molecule has 0 saturated heterocycles. The Hall–Kier alpha value is -3.85. The zero-order chi connectivity index (χ0) is 25.1. The number of nitrogens with zero attached hydrogens (tertiary/aromatic N) is 2. The topological polar surface area (TPSA) is 91.1 Å². The van der Waals surface area contributed by atoms with Crippen LogP contribution in [-0.2, 0) is 6.42 Å². The fourth-order valence-corrected chi connectivity index (χ4v) is 4.32. The zero-order valence-corrected chi connectivity index (χ0v) is 19.8. The molecule has 0 aromatic heterocycles. The van der Waals surface area contributed by atoms with Crippen molar-refractivity contribution in [3.63, 3.8) is 0 Å². The Labute approximate surface area is 205 Å². The number of nitro benzene ring substituents is 1. The third-order valence-corrected chi connectivity index (χ3v) is 6.11. The van der Waals surface area contributed by atoms with E-state index in [1.165, 1.54) is 61.6 Å². The molecule has 10 heteroatoms. The van der Waals surface area contributed by atoms with Crippen LogP contribution in [0.5, 0.6) is 17.2 Å². The number of fused-ring (bicyclic) bond motifs is 1. The van der Waals surface area contributed by atoms with Crippen molar-refractivity contribution in [1.29, 1.82) is 0 Å². The van der Waals surface area contributed by atoms with Gasteiger partial charge in [0, 0.05) is 17.6 Å². The van der Waals surface area contributed by atoms with E-state index in [1.807, 2.05) is 6.07 Å². The molecule has 1 aliphatic rings. The summed E-state index contributed by atoms with van der Waals surface area (Å²) in [7, 11) is 3.05. The van der Waals surface area contributed by atoms with Gasteiger partial charge in [0.05, 0.1) is 25.2 Å². The van der Waals surface area contributed by atoms with E-state index < -0.39 is 22.7 Å². The SMILES string of the molecule is COc1cc2c(cc1OC)[C@@H](COc1ccc(F)cc1)N(C(=O)c1cc(Cl)ccc1[N+](=O)[O-])CC2. The number of carbonyl (C=O) groups excluding carboxylic acids is 1. The Morgan fingerprint density at radius 1 is 1.11 bits per heavy atom. The molecule has 0 spiro atoms. The number of benzene rings is 3. The molecule has 0 fully saturated rings. The average molecular weight is 501 g/mol. The smallest absolute Gasteiger partial charge is 0.282 e. The molecule has 3 aromatic carbocycles. The van der Waals surface area contributed by atoms with Crippen LogP contribution in [-0.4, -0.2) is 43.1 Å². The first-order valence-electron chi connectivity index (χ1n) is 10.7. The number of amides is 1. The van der Waals surface area contributed by atoms with Crippen molar-refractivity contribution < 1.29 is 28.3 Å². The van der Waals surface area contributed by atoms with Gasteiger partial charge >= 0.3 is 0 Å². The molecule has 0 bridgehead atoms. The molecule has 4 rings (SSSR count). The maximum absolute atomic E-state index is 13.6. The number of carbonyl (C=O) groups is 1. The maximum Gasteiger partial charge on any atom is 0.282 e. The van der Waals surface area contributed by atoms with E-state index in [2.05, 4.69) is 0 Å². The standard InChI is InChI=1S/C25H22ClFN2O6/c1-33-23-11-15-9-10-28(25(30)20-12-16(26)3-8-21(20)29(31)32)22(19(15)13-24(23)34-2)14-35-18-6-4-17(27)5-7-18/h3-8,11-13,22H,9-10,14H2,1-2H3/t22-/m1/s1. The molecule has 0 saturated carbocycles. The molecule has 8 nitrogen and oxygen atoms in total. The highest BCUT2D eigenvalue weighted by Crippen LogP contribution is 2.39. The van der Waals surface area contributed by atoms with Crippen LogP contribution < -0.4 is 14.2 Å². The van der Waals surface area contributed by atoms with Crippen molar-refractivity contribution in [2.24, 2.45) is 0 Å². The number of halogens is 2. The van der Waals surface area contributed by atoms with Crippen molar-refractivity contribution >= 4 is 23.2 Å². The summed E-state index contributed by atoms with van der Waals surface area (Å²) in [4.78, 5) is 26.1. The maximum atomic E-state index is 13.6. The van der Waals surface area contributed by atoms with Gasteiger partial charge in [0.15, 0.2) is 11.5 Å². The molecule has 3 aromatic rings. The van der Waals surface area contributed by atoms with Gasteiger partial charge in [-0.25, -0.2) is 4.39 Å². The quantitative estimate of drug-likeness (QED) is 0.326. The normalized spacial score (nSPS) is 14.7. The van der Waals surface area contributed by atoms with Gasteiger partial charge in [-0.3, -0.25) is 14.9 Å². The van der Waals surface area contributed by atoms with Crippen LogP contribution in [0.1, 0.15) is 27.5 Å². The average Bonchev–Trinajstić information content (AvgIpc) is 2.86. The fraction of sp³-hybridized carbons (Fsp3) is 0.240. The molecule has 1 heterocycles. The van der Waals surface area contributed by atoms with Gasteiger partial charge in [-0.1, -0.05) is 11.6 Å². The summed E-state index contributed by atoms with van der Waals surface area (Å²) in [6.45, 7) is 0.302. The van der Waals surface area contributed by atoms with Crippen LogP contribution >= 0.6 is 11.6 Å². The molecule has 35 heavy (non-hydrogen) atoms. The van der Waals surface area contributed by atoms with Gasteiger partial charge in [0.25, 0.3) is 11.6 Å². The third-order valence-electron chi connectivity index (χ3n) is 5.87. The number of nitro groups is 1. The van der Waals surface area contributed by atoms with Gasteiger partial charge < -0.3 is 19.1 Å². The lowest BCUT2D eigenvalue weighted by molar-refractivity contribution is -0.385. The number of hydrogen-bond donors (Lipinski definition) is 0. The Bertz CT molecular complexity index is 1270. The summed E-state index contributed by atoms with van der Waals surface area (Å²) in [5, 5.41) is 11.8. The molecule has 0 unspecified atom stereocenters.